The van der Waals surface area contributed by atoms with Gasteiger partial charge in [0.15, 0.2) is 5.11 Å². The third-order valence-electron chi connectivity index (χ3n) is 3.81. The van der Waals surface area contributed by atoms with Gasteiger partial charge in [-0.2, -0.15) is 5.10 Å². The molecular formula is C19H20N3O3S-. The molecule has 0 radical (unpaired) electrons. The maximum atomic E-state index is 10.4. The van der Waals surface area contributed by atoms with Gasteiger partial charge in [0.25, 0.3) is 0 Å². The molecule has 0 unspecified atom stereocenters. The Bertz CT molecular complexity index is 832. The first-order valence-electron chi connectivity index (χ1n) is 7.97. The number of hydrogen-bond acceptors (Lipinski definition) is 5. The number of anilines is 1. The number of aryl methyl sites for hydroxylation is 1. The highest BCUT2D eigenvalue weighted by molar-refractivity contribution is 7.80. The van der Waals surface area contributed by atoms with Gasteiger partial charge in [-0.1, -0.05) is 12.1 Å². The summed E-state index contributed by atoms with van der Waals surface area (Å²) in [5.41, 5.74) is 7.64. The Labute approximate surface area is 157 Å². The fourth-order valence-electron chi connectivity index (χ4n) is 2.17. The van der Waals surface area contributed by atoms with E-state index in [-0.39, 0.29) is 0 Å². The standard InChI is InChI=1S/C19H21N3O3S/c1-12-5-4-6-17(13(12)2)20-19(26)22-21-14(3)15-7-9-16(10-8-15)25-11-18(23)24/h4-10H,11H2,1-3H3,(H,23,24)(H2,20,22,26)/p-1/b21-14-. The van der Waals surface area contributed by atoms with Crippen molar-refractivity contribution in [2.24, 2.45) is 5.10 Å². The summed E-state index contributed by atoms with van der Waals surface area (Å²) < 4.78 is 5.04. The molecule has 7 heteroatoms. The van der Waals surface area contributed by atoms with E-state index >= 15 is 0 Å². The zero-order chi connectivity index (χ0) is 19.1. The summed E-state index contributed by atoms with van der Waals surface area (Å²) in [5, 5.41) is 18.2. The average molecular weight is 370 g/mol. The van der Waals surface area contributed by atoms with E-state index in [1.54, 1.807) is 24.3 Å². The highest BCUT2D eigenvalue weighted by Crippen LogP contribution is 2.17. The molecule has 0 heterocycles. The second-order valence-electron chi connectivity index (χ2n) is 5.70. The topological polar surface area (TPSA) is 85.8 Å². The van der Waals surface area contributed by atoms with Crippen LogP contribution in [0.15, 0.2) is 47.6 Å². The lowest BCUT2D eigenvalue weighted by Crippen LogP contribution is -2.28. The number of carbonyl (C=O) groups is 1. The maximum Gasteiger partial charge on any atom is 0.191 e. The van der Waals surface area contributed by atoms with Crippen molar-refractivity contribution < 1.29 is 14.6 Å². The zero-order valence-corrected chi connectivity index (χ0v) is 15.6. The van der Waals surface area contributed by atoms with Crippen molar-refractivity contribution in [2.45, 2.75) is 20.8 Å². The van der Waals surface area contributed by atoms with Gasteiger partial charge in [-0.15, -0.1) is 0 Å². The number of aliphatic carboxylic acids is 1. The smallest absolute Gasteiger partial charge is 0.191 e. The van der Waals surface area contributed by atoms with E-state index in [1.807, 2.05) is 39.0 Å². The first-order chi connectivity index (χ1) is 12.4. The summed E-state index contributed by atoms with van der Waals surface area (Å²) in [6.07, 6.45) is 0. The molecule has 0 atom stereocenters. The van der Waals surface area contributed by atoms with Gasteiger partial charge in [0.05, 0.1) is 11.7 Å². The van der Waals surface area contributed by atoms with E-state index in [9.17, 15) is 9.90 Å². The van der Waals surface area contributed by atoms with Crippen molar-refractivity contribution >= 4 is 34.7 Å². The quantitative estimate of drug-likeness (QED) is 0.460. The summed E-state index contributed by atoms with van der Waals surface area (Å²) in [6, 6.07) is 12.9. The Morgan fingerprint density at radius 3 is 2.54 bits per heavy atom. The van der Waals surface area contributed by atoms with E-state index in [2.05, 4.69) is 15.8 Å². The molecule has 0 aromatic heterocycles. The van der Waals surface area contributed by atoms with Crippen LogP contribution >= 0.6 is 12.2 Å². The molecule has 2 aromatic carbocycles. The monoisotopic (exact) mass is 370 g/mol. The molecule has 0 bridgehead atoms. The second-order valence-corrected chi connectivity index (χ2v) is 6.10. The van der Waals surface area contributed by atoms with Gasteiger partial charge >= 0.3 is 0 Å². The second kappa shape index (κ2) is 8.96. The Morgan fingerprint density at radius 1 is 1.19 bits per heavy atom. The third-order valence-corrected chi connectivity index (χ3v) is 4.00. The van der Waals surface area contributed by atoms with Crippen LogP contribution in [0.25, 0.3) is 0 Å². The number of ether oxygens (including phenoxy) is 1. The number of carboxylic acids is 1. The van der Waals surface area contributed by atoms with E-state index in [4.69, 9.17) is 17.0 Å². The van der Waals surface area contributed by atoms with Crippen LogP contribution in [-0.4, -0.2) is 23.4 Å². The minimum Gasteiger partial charge on any atom is -0.546 e. The molecule has 0 spiro atoms. The van der Waals surface area contributed by atoms with Crippen LogP contribution in [0.2, 0.25) is 0 Å². The van der Waals surface area contributed by atoms with E-state index in [0.717, 1.165) is 22.5 Å². The van der Waals surface area contributed by atoms with Crippen LogP contribution in [0.3, 0.4) is 0 Å². The first-order valence-corrected chi connectivity index (χ1v) is 8.38. The fraction of sp³-hybridized carbons (Fsp3) is 0.211. The summed E-state index contributed by atoms with van der Waals surface area (Å²) in [6.45, 7) is 5.43. The minimum absolute atomic E-state index is 0.395. The minimum atomic E-state index is -1.26. The van der Waals surface area contributed by atoms with E-state index < -0.39 is 12.6 Å². The predicted octanol–water partition coefficient (Wildman–Crippen LogP) is 2.14. The Balaban J connectivity index is 1.95. The Hall–Kier alpha value is -2.93. The zero-order valence-electron chi connectivity index (χ0n) is 14.8. The summed E-state index contributed by atoms with van der Waals surface area (Å²) in [4.78, 5) is 10.4. The number of hydrazone groups is 1. The molecule has 0 saturated carbocycles. The van der Waals surface area contributed by atoms with Crippen molar-refractivity contribution in [3.05, 3.63) is 59.2 Å². The van der Waals surface area contributed by atoms with Crippen molar-refractivity contribution in [2.75, 3.05) is 11.9 Å². The van der Waals surface area contributed by atoms with Gasteiger partial charge in [0.1, 0.15) is 12.4 Å². The predicted molar refractivity (Wildman–Crippen MR) is 104 cm³/mol. The molecule has 2 N–H and O–H groups in total. The fourth-order valence-corrected chi connectivity index (χ4v) is 2.33. The molecule has 2 rings (SSSR count). The van der Waals surface area contributed by atoms with Crippen molar-refractivity contribution in [3.8, 4) is 5.75 Å². The number of carboxylic acid groups (broad SMARTS) is 1. The normalized spacial score (nSPS) is 11.0. The van der Waals surface area contributed by atoms with Crippen molar-refractivity contribution in [3.63, 3.8) is 0 Å². The molecule has 0 aliphatic rings. The molecule has 0 aliphatic heterocycles. The van der Waals surface area contributed by atoms with Crippen LogP contribution in [0.4, 0.5) is 5.69 Å². The number of thiocarbonyl (C=S) groups is 1. The molecule has 6 nitrogen and oxygen atoms in total. The van der Waals surface area contributed by atoms with Gasteiger partial charge in [0.2, 0.25) is 0 Å². The highest BCUT2D eigenvalue weighted by Gasteiger charge is 2.03. The lowest BCUT2D eigenvalue weighted by molar-refractivity contribution is -0.307. The molecule has 0 fully saturated rings. The highest BCUT2D eigenvalue weighted by atomic mass is 32.1. The van der Waals surface area contributed by atoms with Crippen LogP contribution in [0.5, 0.6) is 5.75 Å². The van der Waals surface area contributed by atoms with E-state index in [1.165, 1.54) is 5.56 Å². The summed E-state index contributed by atoms with van der Waals surface area (Å²) in [7, 11) is 0. The number of benzene rings is 2. The van der Waals surface area contributed by atoms with Gasteiger partial charge in [0, 0.05) is 5.69 Å². The van der Waals surface area contributed by atoms with Crippen LogP contribution < -0.4 is 20.6 Å². The number of hydrogen-bond donors (Lipinski definition) is 2. The van der Waals surface area contributed by atoms with Crippen LogP contribution in [-0.2, 0) is 4.79 Å². The van der Waals surface area contributed by atoms with E-state index in [0.29, 0.717) is 10.9 Å². The number of rotatable bonds is 6. The SMILES string of the molecule is C/C(=N/NC(=S)Nc1cccc(C)c1C)c1ccc(OCC(=O)[O-])cc1. The Kier molecular flexibility index (Phi) is 6.68. The Morgan fingerprint density at radius 2 is 1.88 bits per heavy atom. The molecule has 136 valence electrons. The largest absolute Gasteiger partial charge is 0.546 e. The van der Waals surface area contributed by atoms with Crippen molar-refractivity contribution in [1.82, 2.24) is 5.43 Å². The molecule has 0 aliphatic carbocycles. The molecule has 26 heavy (non-hydrogen) atoms. The maximum absolute atomic E-state index is 10.4. The lowest BCUT2D eigenvalue weighted by Gasteiger charge is -2.12. The summed E-state index contributed by atoms with van der Waals surface area (Å²) in [5.74, 6) is -0.813. The first kappa shape index (κ1) is 19.4. The van der Waals surface area contributed by atoms with Crippen molar-refractivity contribution in [1.29, 1.82) is 0 Å². The van der Waals surface area contributed by atoms with Crippen LogP contribution in [0, 0.1) is 13.8 Å². The molecule has 2 aromatic rings. The van der Waals surface area contributed by atoms with Gasteiger partial charge in [-0.3, -0.25) is 5.43 Å². The third kappa shape index (κ3) is 5.56. The number of carbonyl (C=O) groups excluding carboxylic acids is 1. The molecule has 0 saturated heterocycles. The van der Waals surface area contributed by atoms with Crippen LogP contribution in [0.1, 0.15) is 23.6 Å². The summed E-state index contributed by atoms with van der Waals surface area (Å²) >= 11 is 5.28. The van der Waals surface area contributed by atoms with Gasteiger partial charge < -0.3 is 20.0 Å². The molecule has 0 amide bonds. The average Bonchev–Trinajstić information content (AvgIpc) is 2.62. The van der Waals surface area contributed by atoms with Gasteiger partial charge in [-0.05, 0) is 80.0 Å². The lowest BCUT2D eigenvalue weighted by atomic mass is 10.1. The van der Waals surface area contributed by atoms with Gasteiger partial charge in [-0.25, -0.2) is 0 Å². The number of nitrogens with one attached hydrogen (secondary N) is 2. The molecular weight excluding hydrogens is 350 g/mol. The number of nitrogens with zero attached hydrogens (tertiary/aromatic N) is 1.